The predicted octanol–water partition coefficient (Wildman–Crippen LogP) is 3.91. The summed E-state index contributed by atoms with van der Waals surface area (Å²) < 4.78 is 3.71. The van der Waals surface area contributed by atoms with E-state index in [1.54, 1.807) is 17.1 Å². The zero-order valence-electron chi connectivity index (χ0n) is 19.5. The zero-order chi connectivity index (χ0) is 23.7. The van der Waals surface area contributed by atoms with Crippen LogP contribution in [0.3, 0.4) is 0 Å². The van der Waals surface area contributed by atoms with E-state index in [9.17, 15) is 4.79 Å². The van der Waals surface area contributed by atoms with Gasteiger partial charge in [-0.15, -0.1) is 0 Å². The molecule has 5 rings (SSSR count). The van der Waals surface area contributed by atoms with E-state index in [0.29, 0.717) is 18.7 Å². The molecule has 1 amide bonds. The number of hydrogen-bond donors (Lipinski definition) is 2. The van der Waals surface area contributed by atoms with E-state index >= 15 is 0 Å². The van der Waals surface area contributed by atoms with Gasteiger partial charge in [0.2, 0.25) is 0 Å². The van der Waals surface area contributed by atoms with Gasteiger partial charge < -0.3 is 10.3 Å². The standard InChI is InChI=1S/C26H27N7O/c1-17-10-29-32(13-17)14-20-4-6-21(7-5-20)15-33-16-22(11-30-33)26(34)28-12-24-18(2)23-8-9-27-25(23)31-19(24)3/h4-11,13,16H,12,14-15H2,1-3H3,(H,27,31)(H,28,34). The predicted molar refractivity (Wildman–Crippen MR) is 131 cm³/mol. The molecule has 2 N–H and O–H groups in total. The van der Waals surface area contributed by atoms with Gasteiger partial charge in [0.05, 0.1) is 31.0 Å². The van der Waals surface area contributed by atoms with E-state index < -0.39 is 0 Å². The molecule has 0 saturated heterocycles. The summed E-state index contributed by atoms with van der Waals surface area (Å²) in [6.45, 7) is 7.83. The highest BCUT2D eigenvalue weighted by Gasteiger charge is 2.13. The lowest BCUT2D eigenvalue weighted by molar-refractivity contribution is 0.0950. The molecule has 172 valence electrons. The van der Waals surface area contributed by atoms with Gasteiger partial charge in [0.15, 0.2) is 0 Å². The summed E-state index contributed by atoms with van der Waals surface area (Å²) in [5, 5.41) is 12.8. The maximum Gasteiger partial charge on any atom is 0.254 e. The minimum absolute atomic E-state index is 0.149. The number of nitrogens with one attached hydrogen (secondary N) is 2. The van der Waals surface area contributed by atoms with Gasteiger partial charge in [-0.05, 0) is 54.7 Å². The molecule has 0 unspecified atom stereocenters. The van der Waals surface area contributed by atoms with E-state index in [4.69, 9.17) is 0 Å². The molecule has 4 heterocycles. The van der Waals surface area contributed by atoms with Crippen LogP contribution in [0.5, 0.6) is 0 Å². The minimum Gasteiger partial charge on any atom is -0.348 e. The first-order valence-corrected chi connectivity index (χ1v) is 11.3. The Labute approximate surface area is 197 Å². The lowest BCUT2D eigenvalue weighted by Gasteiger charge is -2.11. The van der Waals surface area contributed by atoms with Gasteiger partial charge in [-0.2, -0.15) is 10.2 Å². The zero-order valence-corrected chi connectivity index (χ0v) is 19.5. The number of H-pyrrole nitrogens is 1. The van der Waals surface area contributed by atoms with Crippen molar-refractivity contribution in [1.29, 1.82) is 0 Å². The molecule has 8 nitrogen and oxygen atoms in total. The fraction of sp³-hybridized carbons (Fsp3) is 0.231. The second-order valence-corrected chi connectivity index (χ2v) is 8.68. The lowest BCUT2D eigenvalue weighted by Crippen LogP contribution is -2.23. The van der Waals surface area contributed by atoms with E-state index in [1.165, 1.54) is 5.56 Å². The number of pyridine rings is 1. The Morgan fingerprint density at radius 1 is 0.941 bits per heavy atom. The lowest BCUT2D eigenvalue weighted by atomic mass is 10.0. The number of carbonyl (C=O) groups excluding carboxylic acids is 1. The van der Waals surface area contributed by atoms with Crippen LogP contribution in [-0.2, 0) is 19.6 Å². The Balaban J connectivity index is 1.20. The normalized spacial score (nSPS) is 11.3. The molecule has 0 spiro atoms. The molecule has 0 fully saturated rings. The maximum atomic E-state index is 12.7. The monoisotopic (exact) mass is 453 g/mol. The Morgan fingerprint density at radius 2 is 1.62 bits per heavy atom. The first kappa shape index (κ1) is 21.6. The minimum atomic E-state index is -0.149. The summed E-state index contributed by atoms with van der Waals surface area (Å²) in [4.78, 5) is 20.5. The first-order chi connectivity index (χ1) is 16.5. The third-order valence-corrected chi connectivity index (χ3v) is 6.09. The summed E-state index contributed by atoms with van der Waals surface area (Å²) in [6.07, 6.45) is 9.16. The number of aromatic nitrogens is 6. The topological polar surface area (TPSA) is 93.4 Å². The van der Waals surface area contributed by atoms with Gasteiger partial charge in [0, 0.05) is 36.2 Å². The SMILES string of the molecule is Cc1cnn(Cc2ccc(Cn3cc(C(=O)NCc4c(C)nc5[nH]ccc5c4C)cn3)cc2)c1. The average Bonchev–Trinajstić information content (AvgIpc) is 3.56. The molecule has 0 atom stereocenters. The number of aryl methyl sites for hydroxylation is 3. The molecule has 0 radical (unpaired) electrons. The Hall–Kier alpha value is -4.20. The van der Waals surface area contributed by atoms with Crippen LogP contribution < -0.4 is 5.32 Å². The largest absolute Gasteiger partial charge is 0.348 e. The van der Waals surface area contributed by atoms with Crippen molar-refractivity contribution >= 4 is 16.9 Å². The average molecular weight is 454 g/mol. The number of hydrogen-bond acceptors (Lipinski definition) is 4. The van der Waals surface area contributed by atoms with Crippen molar-refractivity contribution in [1.82, 2.24) is 34.8 Å². The number of benzene rings is 1. The van der Waals surface area contributed by atoms with Crippen LogP contribution in [-0.4, -0.2) is 35.4 Å². The second-order valence-electron chi connectivity index (χ2n) is 8.68. The van der Waals surface area contributed by atoms with Crippen molar-refractivity contribution in [3.05, 3.63) is 100 Å². The van der Waals surface area contributed by atoms with Crippen LogP contribution in [0.15, 0.2) is 61.3 Å². The van der Waals surface area contributed by atoms with Gasteiger partial charge in [0.25, 0.3) is 5.91 Å². The molecule has 0 bridgehead atoms. The molecule has 34 heavy (non-hydrogen) atoms. The molecule has 4 aromatic heterocycles. The van der Waals surface area contributed by atoms with Crippen LogP contribution in [0.1, 0.15) is 43.9 Å². The maximum absolute atomic E-state index is 12.7. The van der Waals surface area contributed by atoms with Crippen molar-refractivity contribution < 1.29 is 4.79 Å². The van der Waals surface area contributed by atoms with Crippen molar-refractivity contribution in [3.8, 4) is 0 Å². The molecular weight excluding hydrogens is 426 g/mol. The molecule has 5 aromatic rings. The summed E-state index contributed by atoms with van der Waals surface area (Å²) in [5.74, 6) is -0.149. The molecule has 0 aliphatic rings. The first-order valence-electron chi connectivity index (χ1n) is 11.3. The Morgan fingerprint density at radius 3 is 2.29 bits per heavy atom. The molecule has 0 aliphatic carbocycles. The van der Waals surface area contributed by atoms with Crippen LogP contribution >= 0.6 is 0 Å². The molecule has 0 saturated carbocycles. The second kappa shape index (κ2) is 8.97. The number of amides is 1. The van der Waals surface area contributed by atoms with Gasteiger partial charge in [-0.3, -0.25) is 14.2 Å². The molecule has 0 aliphatic heterocycles. The van der Waals surface area contributed by atoms with Crippen molar-refractivity contribution in [2.75, 3.05) is 0 Å². The quantitative estimate of drug-likeness (QED) is 0.391. The fourth-order valence-electron chi connectivity index (χ4n) is 4.20. The highest BCUT2D eigenvalue weighted by atomic mass is 16.1. The Bertz CT molecular complexity index is 1460. The summed E-state index contributed by atoms with van der Waals surface area (Å²) >= 11 is 0. The van der Waals surface area contributed by atoms with Crippen molar-refractivity contribution in [2.45, 2.75) is 40.4 Å². The van der Waals surface area contributed by atoms with Gasteiger partial charge >= 0.3 is 0 Å². The molecule has 1 aromatic carbocycles. The molecular formula is C26H27N7O. The third-order valence-electron chi connectivity index (χ3n) is 6.09. The fourth-order valence-corrected chi connectivity index (χ4v) is 4.20. The smallest absolute Gasteiger partial charge is 0.254 e. The van der Waals surface area contributed by atoms with Gasteiger partial charge in [0.1, 0.15) is 5.65 Å². The summed E-state index contributed by atoms with van der Waals surface area (Å²) in [7, 11) is 0. The number of carbonyl (C=O) groups is 1. The van der Waals surface area contributed by atoms with Crippen LogP contribution in [0.4, 0.5) is 0 Å². The highest BCUT2D eigenvalue weighted by molar-refractivity contribution is 5.93. The highest BCUT2D eigenvalue weighted by Crippen LogP contribution is 2.21. The third kappa shape index (κ3) is 4.47. The number of nitrogens with zero attached hydrogens (tertiary/aromatic N) is 5. The van der Waals surface area contributed by atoms with E-state index in [-0.39, 0.29) is 5.91 Å². The summed E-state index contributed by atoms with van der Waals surface area (Å²) in [5.41, 5.74) is 7.95. The summed E-state index contributed by atoms with van der Waals surface area (Å²) in [6, 6.07) is 10.4. The van der Waals surface area contributed by atoms with Crippen LogP contribution in [0.25, 0.3) is 11.0 Å². The van der Waals surface area contributed by atoms with E-state index in [0.717, 1.165) is 45.5 Å². The van der Waals surface area contributed by atoms with Crippen LogP contribution in [0, 0.1) is 20.8 Å². The number of rotatable bonds is 7. The number of fused-ring (bicyclic) bond motifs is 1. The van der Waals surface area contributed by atoms with E-state index in [2.05, 4.69) is 56.7 Å². The number of aromatic amines is 1. The van der Waals surface area contributed by atoms with Gasteiger partial charge in [-0.1, -0.05) is 24.3 Å². The van der Waals surface area contributed by atoms with Crippen LogP contribution in [0.2, 0.25) is 0 Å². The van der Waals surface area contributed by atoms with Gasteiger partial charge in [-0.25, -0.2) is 4.98 Å². The molecule has 8 heteroatoms. The van der Waals surface area contributed by atoms with Crippen molar-refractivity contribution in [3.63, 3.8) is 0 Å². The van der Waals surface area contributed by atoms with E-state index in [1.807, 2.05) is 43.2 Å². The Kier molecular flexibility index (Phi) is 5.71. The van der Waals surface area contributed by atoms with Crippen molar-refractivity contribution in [2.24, 2.45) is 0 Å².